The Labute approximate surface area is 232 Å². The van der Waals surface area contributed by atoms with Crippen LogP contribution in [0.5, 0.6) is 0 Å². The lowest BCUT2D eigenvalue weighted by atomic mass is 10.1. The number of nitrogens with one attached hydrogen (secondary N) is 3. The molecule has 1 aromatic rings. The van der Waals surface area contributed by atoms with Gasteiger partial charge in [0.2, 0.25) is 5.91 Å². The lowest BCUT2D eigenvalue weighted by Crippen LogP contribution is -2.36. The first-order valence-corrected chi connectivity index (χ1v) is 13.2. The van der Waals surface area contributed by atoms with Crippen LogP contribution >= 0.6 is 0 Å². The number of hydrogen-bond donors (Lipinski definition) is 3. The van der Waals surface area contributed by atoms with Crippen molar-refractivity contribution in [3.63, 3.8) is 0 Å². The van der Waals surface area contributed by atoms with Gasteiger partial charge in [0, 0.05) is 18.7 Å². The standard InChI is InChI=1S/C27H36N4O5.C3H8/c1-7-9-10-11-12-24(32)28-17-21-13-15-22(16-14-21)18(3)29-23(8-2)26(34)30-19(4)25(33)31-20(5)27(35)36-6;1-3-2/h8,13-16H,4-5,7,9-12,17H2,1-3,6H3,(H,28,32)(H,30,34)(H,31,33);3H2,1-2H3/b23-8-,29-18?;. The number of esters is 1. The highest BCUT2D eigenvalue weighted by molar-refractivity contribution is 6.07. The minimum Gasteiger partial charge on any atom is -0.464 e. The normalized spacial score (nSPS) is 10.9. The molecule has 0 aromatic heterocycles. The van der Waals surface area contributed by atoms with Crippen LogP contribution in [0.1, 0.15) is 84.3 Å². The van der Waals surface area contributed by atoms with Crippen LogP contribution in [0.2, 0.25) is 0 Å². The number of allylic oxidation sites excluding steroid dienone is 1. The summed E-state index contributed by atoms with van der Waals surface area (Å²) >= 11 is 0. The summed E-state index contributed by atoms with van der Waals surface area (Å²) in [7, 11) is 1.15. The number of benzene rings is 1. The maximum absolute atomic E-state index is 12.6. The first kappa shape index (κ1) is 35.0. The van der Waals surface area contributed by atoms with Crippen molar-refractivity contribution in [2.75, 3.05) is 7.11 Å². The summed E-state index contributed by atoms with van der Waals surface area (Å²) in [4.78, 5) is 52.3. The molecule has 1 rings (SSSR count). The van der Waals surface area contributed by atoms with E-state index in [1.54, 1.807) is 13.8 Å². The van der Waals surface area contributed by atoms with E-state index in [0.29, 0.717) is 18.7 Å². The van der Waals surface area contributed by atoms with Crippen LogP contribution in [-0.4, -0.2) is 36.5 Å². The Balaban J connectivity index is 0.00000458. The van der Waals surface area contributed by atoms with Gasteiger partial charge in [0.1, 0.15) is 11.4 Å². The van der Waals surface area contributed by atoms with E-state index >= 15 is 0 Å². The van der Waals surface area contributed by atoms with Crippen LogP contribution in [0.15, 0.2) is 65.6 Å². The van der Waals surface area contributed by atoms with Gasteiger partial charge in [-0.3, -0.25) is 14.4 Å². The van der Waals surface area contributed by atoms with Gasteiger partial charge in [-0.25, -0.2) is 9.79 Å². The molecule has 1 aromatic carbocycles. The fraction of sp³-hybridized carbons (Fsp3) is 0.433. The second kappa shape index (κ2) is 20.0. The third kappa shape index (κ3) is 14.5. The number of methoxy groups -OCH3 is 1. The molecule has 0 fully saturated rings. The minimum absolute atomic E-state index is 0.0431. The molecule has 0 heterocycles. The topological polar surface area (TPSA) is 126 Å². The van der Waals surface area contributed by atoms with Crippen LogP contribution in [0, 0.1) is 0 Å². The predicted octanol–water partition coefficient (Wildman–Crippen LogP) is 4.84. The minimum atomic E-state index is -0.812. The molecule has 0 saturated carbocycles. The molecule has 0 atom stereocenters. The van der Waals surface area contributed by atoms with Gasteiger partial charge in [0.15, 0.2) is 0 Å². The third-order valence-electron chi connectivity index (χ3n) is 5.15. The number of rotatable bonds is 14. The smallest absolute Gasteiger partial charge is 0.353 e. The average Bonchev–Trinajstić information content (AvgIpc) is 2.92. The quantitative estimate of drug-likeness (QED) is 0.135. The molecular weight excluding hydrogens is 496 g/mol. The highest BCUT2D eigenvalue weighted by Crippen LogP contribution is 2.10. The summed E-state index contributed by atoms with van der Waals surface area (Å²) in [5, 5.41) is 7.47. The largest absolute Gasteiger partial charge is 0.464 e. The van der Waals surface area contributed by atoms with E-state index in [0.717, 1.165) is 43.9 Å². The first-order chi connectivity index (χ1) is 18.5. The van der Waals surface area contributed by atoms with Gasteiger partial charge >= 0.3 is 5.97 Å². The summed E-state index contributed by atoms with van der Waals surface area (Å²) in [6.07, 6.45) is 7.53. The number of ether oxygens (including phenoxy) is 1. The molecule has 214 valence electrons. The van der Waals surface area contributed by atoms with Crippen molar-refractivity contribution in [3.8, 4) is 0 Å². The Hall–Kier alpha value is -4.01. The molecule has 0 saturated heterocycles. The van der Waals surface area contributed by atoms with Crippen molar-refractivity contribution in [2.45, 2.75) is 79.7 Å². The van der Waals surface area contributed by atoms with E-state index in [4.69, 9.17) is 0 Å². The highest BCUT2D eigenvalue weighted by atomic mass is 16.5. The number of carbonyl (C=O) groups is 4. The molecule has 3 amide bonds. The van der Waals surface area contributed by atoms with E-state index in [-0.39, 0.29) is 23.0 Å². The zero-order valence-corrected chi connectivity index (χ0v) is 24.2. The van der Waals surface area contributed by atoms with Crippen molar-refractivity contribution in [3.05, 3.63) is 71.7 Å². The van der Waals surface area contributed by atoms with Crippen LogP contribution in [0.25, 0.3) is 0 Å². The van der Waals surface area contributed by atoms with E-state index < -0.39 is 17.8 Å². The van der Waals surface area contributed by atoms with Crippen molar-refractivity contribution >= 4 is 29.4 Å². The zero-order chi connectivity index (χ0) is 29.8. The monoisotopic (exact) mass is 540 g/mol. The molecule has 0 aliphatic rings. The van der Waals surface area contributed by atoms with Crippen molar-refractivity contribution < 1.29 is 23.9 Å². The fourth-order valence-corrected chi connectivity index (χ4v) is 3.00. The number of unbranched alkanes of at least 4 members (excludes halogenated alkanes) is 3. The number of amides is 3. The van der Waals surface area contributed by atoms with Crippen molar-refractivity contribution in [2.24, 2.45) is 4.99 Å². The Kier molecular flexibility index (Phi) is 18.0. The van der Waals surface area contributed by atoms with Gasteiger partial charge < -0.3 is 20.7 Å². The molecule has 0 unspecified atom stereocenters. The maximum Gasteiger partial charge on any atom is 0.353 e. The van der Waals surface area contributed by atoms with Gasteiger partial charge in [-0.05, 0) is 31.4 Å². The SMILES string of the molecule is C=C(NC(=O)/C(=C/C)N=C(C)c1ccc(CNC(=O)CCCCCC)cc1)C(=O)NC(=C)C(=O)OC.CCC. The van der Waals surface area contributed by atoms with Crippen LogP contribution < -0.4 is 16.0 Å². The third-order valence-corrected chi connectivity index (χ3v) is 5.15. The van der Waals surface area contributed by atoms with E-state index in [2.05, 4.69) is 59.6 Å². The lowest BCUT2D eigenvalue weighted by molar-refractivity contribution is -0.137. The van der Waals surface area contributed by atoms with Gasteiger partial charge in [0.25, 0.3) is 11.8 Å². The summed E-state index contributed by atoms with van der Waals surface area (Å²) in [6.45, 7) is 17.1. The van der Waals surface area contributed by atoms with Gasteiger partial charge in [-0.2, -0.15) is 0 Å². The highest BCUT2D eigenvalue weighted by Gasteiger charge is 2.17. The molecule has 9 nitrogen and oxygen atoms in total. The fourth-order valence-electron chi connectivity index (χ4n) is 3.00. The lowest BCUT2D eigenvalue weighted by Gasteiger charge is -2.11. The molecule has 0 radical (unpaired) electrons. The molecule has 39 heavy (non-hydrogen) atoms. The van der Waals surface area contributed by atoms with E-state index in [1.165, 1.54) is 12.5 Å². The average molecular weight is 541 g/mol. The molecule has 9 heteroatoms. The summed E-state index contributed by atoms with van der Waals surface area (Å²) < 4.78 is 4.45. The predicted molar refractivity (Wildman–Crippen MR) is 156 cm³/mol. The second-order valence-corrected chi connectivity index (χ2v) is 8.72. The molecule has 3 N–H and O–H groups in total. The Bertz CT molecular complexity index is 1060. The number of aliphatic imine (C=N–C) groups is 1. The van der Waals surface area contributed by atoms with E-state index in [9.17, 15) is 19.2 Å². The molecular formula is C30H44N4O5. The number of nitrogens with zero attached hydrogens (tertiary/aromatic N) is 1. The summed E-state index contributed by atoms with van der Waals surface area (Å²) in [5.41, 5.74) is 1.84. The summed E-state index contributed by atoms with van der Waals surface area (Å²) in [6, 6.07) is 7.50. The Morgan fingerprint density at radius 2 is 1.51 bits per heavy atom. The Morgan fingerprint density at radius 3 is 2.05 bits per heavy atom. The van der Waals surface area contributed by atoms with Gasteiger partial charge in [0.05, 0.1) is 12.8 Å². The van der Waals surface area contributed by atoms with E-state index in [1.807, 2.05) is 24.3 Å². The second-order valence-electron chi connectivity index (χ2n) is 8.72. The maximum atomic E-state index is 12.6. The molecule has 0 bridgehead atoms. The zero-order valence-electron chi connectivity index (χ0n) is 24.2. The van der Waals surface area contributed by atoms with Gasteiger partial charge in [-0.1, -0.05) is 90.0 Å². The molecule has 0 aliphatic heterocycles. The number of carbonyl (C=O) groups excluding carboxylic acids is 4. The summed E-state index contributed by atoms with van der Waals surface area (Å²) in [5.74, 6) is -2.22. The van der Waals surface area contributed by atoms with Crippen LogP contribution in [0.4, 0.5) is 0 Å². The molecule has 0 aliphatic carbocycles. The first-order valence-electron chi connectivity index (χ1n) is 13.2. The Morgan fingerprint density at radius 1 is 0.923 bits per heavy atom. The van der Waals surface area contributed by atoms with Crippen molar-refractivity contribution in [1.82, 2.24) is 16.0 Å². The van der Waals surface area contributed by atoms with Crippen LogP contribution in [0.3, 0.4) is 0 Å². The van der Waals surface area contributed by atoms with Gasteiger partial charge in [-0.15, -0.1) is 0 Å². The number of hydrogen-bond acceptors (Lipinski definition) is 6. The molecule has 0 spiro atoms. The van der Waals surface area contributed by atoms with Crippen molar-refractivity contribution in [1.29, 1.82) is 0 Å². The van der Waals surface area contributed by atoms with Crippen LogP contribution in [-0.2, 0) is 30.5 Å².